The number of rotatable bonds is 18. The van der Waals surface area contributed by atoms with Gasteiger partial charge in [0.2, 0.25) is 0 Å². The van der Waals surface area contributed by atoms with Crippen LogP contribution in [-0.4, -0.2) is 31.3 Å². The largest absolute Gasteiger partial charge is 0.494 e. The molecule has 0 saturated heterocycles. The lowest BCUT2D eigenvalue weighted by molar-refractivity contribution is -0.0235. The Morgan fingerprint density at radius 1 is 0.787 bits per heavy atom. The lowest BCUT2D eigenvalue weighted by Crippen LogP contribution is -2.22. The van der Waals surface area contributed by atoms with E-state index in [9.17, 15) is 18.1 Å². The molecule has 1 unspecified atom stereocenters. The van der Waals surface area contributed by atoms with Crippen molar-refractivity contribution in [3.8, 4) is 16.9 Å². The van der Waals surface area contributed by atoms with E-state index in [1.54, 1.807) is 6.07 Å². The van der Waals surface area contributed by atoms with Crippen LogP contribution in [-0.2, 0) is 20.5 Å². The maximum Gasteiger partial charge on any atom is 0.295 e. The van der Waals surface area contributed by atoms with Crippen molar-refractivity contribution in [1.29, 1.82) is 0 Å². The summed E-state index contributed by atoms with van der Waals surface area (Å²) < 4.78 is 47.5. The van der Waals surface area contributed by atoms with Crippen molar-refractivity contribution in [2.24, 2.45) is 0 Å². The Morgan fingerprint density at radius 2 is 1.51 bits per heavy atom. The van der Waals surface area contributed by atoms with Gasteiger partial charge in [-0.25, -0.2) is 0 Å². The van der Waals surface area contributed by atoms with E-state index in [0.29, 0.717) is 40.4 Å². The van der Waals surface area contributed by atoms with E-state index in [1.807, 2.05) is 92.7 Å². The average molecular weight is 677 g/mol. The highest BCUT2D eigenvalue weighted by Crippen LogP contribution is 2.39. The molecule has 0 aliphatic rings. The van der Waals surface area contributed by atoms with E-state index in [2.05, 4.69) is 13.8 Å². The Labute approximate surface area is 285 Å². The molecule has 8 heteroatoms. The molecule has 4 aromatic rings. The van der Waals surface area contributed by atoms with Crippen LogP contribution in [0.3, 0.4) is 0 Å². The van der Waals surface area contributed by atoms with Crippen LogP contribution in [0.15, 0.2) is 106 Å². The van der Waals surface area contributed by atoms with Crippen LogP contribution >= 0.6 is 11.8 Å². The lowest BCUT2D eigenvalue weighted by Gasteiger charge is -2.27. The Balaban J connectivity index is 1.57. The molecular weight excluding hydrogens is 629 g/mol. The fourth-order valence-electron chi connectivity index (χ4n) is 5.40. The number of aliphatic hydroxyl groups is 1. The molecule has 0 bridgehead atoms. The molecule has 0 amide bonds. The standard InChI is InChI=1S/C39H48O6S2/c1-5-7-9-10-13-26-45-39(3,4)31-16-14-15-30(27-31)38(40)35-18-12-11-17-34(35)29-19-24-36(37(28-29)47(41,42)43)46-33-22-20-32(21-23-33)44-25-8-6-2/h11-12,14-24,27-28,38,40H,5-10,13,25-26H2,1-4H3,(H,41,42,43). The van der Waals surface area contributed by atoms with E-state index in [0.717, 1.165) is 41.9 Å². The maximum atomic E-state index is 12.6. The summed E-state index contributed by atoms with van der Waals surface area (Å²) >= 11 is 1.25. The first-order valence-corrected chi connectivity index (χ1v) is 18.8. The normalized spacial score (nSPS) is 12.6. The van der Waals surface area contributed by atoms with E-state index < -0.39 is 21.8 Å². The van der Waals surface area contributed by atoms with E-state index >= 15 is 0 Å². The minimum atomic E-state index is -4.55. The van der Waals surface area contributed by atoms with Crippen LogP contribution in [0.5, 0.6) is 5.75 Å². The van der Waals surface area contributed by atoms with Crippen molar-refractivity contribution in [3.63, 3.8) is 0 Å². The van der Waals surface area contributed by atoms with Crippen molar-refractivity contribution < 1.29 is 27.6 Å². The fourth-order valence-corrected chi connectivity index (χ4v) is 7.26. The highest BCUT2D eigenvalue weighted by Gasteiger charge is 2.24. The predicted molar refractivity (Wildman–Crippen MR) is 191 cm³/mol. The molecular formula is C39H48O6S2. The number of hydrogen-bond acceptors (Lipinski definition) is 6. The smallest absolute Gasteiger partial charge is 0.295 e. The monoisotopic (exact) mass is 676 g/mol. The quantitative estimate of drug-likeness (QED) is 0.0800. The summed E-state index contributed by atoms with van der Waals surface area (Å²) in [5.41, 5.74) is 3.01. The summed E-state index contributed by atoms with van der Waals surface area (Å²) in [7, 11) is -4.55. The van der Waals surface area contributed by atoms with Crippen molar-refractivity contribution in [1.82, 2.24) is 0 Å². The average Bonchev–Trinajstić information content (AvgIpc) is 3.06. The molecule has 0 aliphatic heterocycles. The van der Waals surface area contributed by atoms with Gasteiger partial charge in [0.05, 0.1) is 12.2 Å². The summed E-state index contributed by atoms with van der Waals surface area (Å²) in [6, 6.07) is 27.6. The minimum Gasteiger partial charge on any atom is -0.494 e. The predicted octanol–water partition coefficient (Wildman–Crippen LogP) is 10.2. The molecule has 4 rings (SSSR count). The van der Waals surface area contributed by atoms with Gasteiger partial charge < -0.3 is 14.6 Å². The second kappa shape index (κ2) is 17.3. The Bertz CT molecular complexity index is 1680. The molecule has 0 fully saturated rings. The van der Waals surface area contributed by atoms with Gasteiger partial charge in [-0.1, -0.05) is 106 Å². The highest BCUT2D eigenvalue weighted by molar-refractivity contribution is 8.00. The van der Waals surface area contributed by atoms with Crippen LogP contribution in [0.2, 0.25) is 0 Å². The van der Waals surface area contributed by atoms with Gasteiger partial charge in [0, 0.05) is 16.4 Å². The molecule has 47 heavy (non-hydrogen) atoms. The van der Waals surface area contributed by atoms with Gasteiger partial charge in [-0.2, -0.15) is 8.42 Å². The fraction of sp³-hybridized carbons (Fsp3) is 0.385. The minimum absolute atomic E-state index is 0.192. The first-order chi connectivity index (χ1) is 22.5. The van der Waals surface area contributed by atoms with E-state index in [-0.39, 0.29) is 4.90 Å². The molecule has 252 valence electrons. The molecule has 0 heterocycles. The first kappa shape index (κ1) is 36.7. The Hall–Kier alpha value is -3.14. The Morgan fingerprint density at radius 3 is 2.23 bits per heavy atom. The van der Waals surface area contributed by atoms with Crippen molar-refractivity contribution in [2.45, 2.75) is 99.0 Å². The number of ether oxygens (including phenoxy) is 2. The summed E-state index contributed by atoms with van der Waals surface area (Å²) in [6.07, 6.45) is 6.89. The van der Waals surface area contributed by atoms with Crippen molar-refractivity contribution in [2.75, 3.05) is 13.2 Å². The van der Waals surface area contributed by atoms with Crippen molar-refractivity contribution in [3.05, 3.63) is 108 Å². The number of aliphatic hydroxyl groups excluding tert-OH is 1. The van der Waals surface area contributed by atoms with Gasteiger partial charge in [-0.15, -0.1) is 0 Å². The number of unbranched alkanes of at least 4 members (excludes halogenated alkanes) is 5. The van der Waals surface area contributed by atoms with Gasteiger partial charge in [-0.05, 0) is 97.0 Å². The molecule has 0 aromatic heterocycles. The third-order valence-electron chi connectivity index (χ3n) is 8.21. The summed E-state index contributed by atoms with van der Waals surface area (Å²) in [6.45, 7) is 9.73. The number of benzene rings is 4. The van der Waals surface area contributed by atoms with Gasteiger partial charge in [0.15, 0.2) is 0 Å². The molecule has 0 radical (unpaired) electrons. The second-order valence-electron chi connectivity index (χ2n) is 12.3. The molecule has 0 spiro atoms. The van der Waals surface area contributed by atoms with Crippen LogP contribution in [0.4, 0.5) is 0 Å². The molecule has 6 nitrogen and oxygen atoms in total. The first-order valence-electron chi connectivity index (χ1n) is 16.6. The molecule has 4 aromatic carbocycles. The van der Waals surface area contributed by atoms with E-state index in [4.69, 9.17) is 9.47 Å². The SMILES string of the molecule is CCCCCCCOC(C)(C)c1cccc(C(O)c2ccccc2-c2ccc(Sc3ccc(OCCCC)cc3)c(S(=O)(=O)O)c2)c1. The molecule has 2 N–H and O–H groups in total. The summed E-state index contributed by atoms with van der Waals surface area (Å²) in [5, 5.41) is 11.7. The highest BCUT2D eigenvalue weighted by atomic mass is 32.2. The van der Waals surface area contributed by atoms with Gasteiger partial charge >= 0.3 is 0 Å². The van der Waals surface area contributed by atoms with Gasteiger partial charge in [0.1, 0.15) is 16.7 Å². The zero-order chi connectivity index (χ0) is 33.9. The third-order valence-corrected chi connectivity index (χ3v) is 10.3. The molecule has 1 atom stereocenters. The van der Waals surface area contributed by atoms with Crippen LogP contribution in [0, 0.1) is 0 Å². The van der Waals surface area contributed by atoms with Crippen LogP contribution in [0.25, 0.3) is 11.1 Å². The Kier molecular flexibility index (Phi) is 13.5. The molecule has 0 aliphatic carbocycles. The topological polar surface area (TPSA) is 93.1 Å². The van der Waals surface area contributed by atoms with Crippen LogP contribution < -0.4 is 4.74 Å². The van der Waals surface area contributed by atoms with Crippen molar-refractivity contribution >= 4 is 21.9 Å². The number of hydrogen-bond donors (Lipinski definition) is 2. The maximum absolute atomic E-state index is 12.6. The second-order valence-corrected chi connectivity index (χ2v) is 14.8. The molecule has 0 saturated carbocycles. The van der Waals surface area contributed by atoms with Gasteiger partial charge in [-0.3, -0.25) is 4.55 Å². The lowest BCUT2D eigenvalue weighted by atomic mass is 9.90. The zero-order valence-electron chi connectivity index (χ0n) is 27.9. The van der Waals surface area contributed by atoms with Gasteiger partial charge in [0.25, 0.3) is 10.1 Å². The third kappa shape index (κ3) is 10.4. The van der Waals surface area contributed by atoms with Crippen LogP contribution in [0.1, 0.15) is 95.4 Å². The summed E-state index contributed by atoms with van der Waals surface area (Å²) in [5.74, 6) is 0.753. The zero-order valence-corrected chi connectivity index (χ0v) is 29.6. The van der Waals surface area contributed by atoms with E-state index in [1.165, 1.54) is 37.1 Å². The summed E-state index contributed by atoms with van der Waals surface area (Å²) in [4.78, 5) is 1.02.